The molecular formula is C13H25NO. The van der Waals surface area contributed by atoms with E-state index in [9.17, 15) is 0 Å². The zero-order valence-electron chi connectivity index (χ0n) is 10.0. The molecular weight excluding hydrogens is 186 g/mol. The molecule has 2 nitrogen and oxygen atoms in total. The molecule has 0 aromatic carbocycles. The SMILES string of the molecule is CC(N)CC1CCOC2(CCCCC2)C1. The van der Waals surface area contributed by atoms with Crippen LogP contribution in [0.3, 0.4) is 0 Å². The van der Waals surface area contributed by atoms with Crippen molar-refractivity contribution >= 4 is 0 Å². The molecule has 0 bridgehead atoms. The van der Waals surface area contributed by atoms with Gasteiger partial charge < -0.3 is 10.5 Å². The van der Waals surface area contributed by atoms with Crippen molar-refractivity contribution in [1.82, 2.24) is 0 Å². The van der Waals surface area contributed by atoms with Crippen LogP contribution in [0.5, 0.6) is 0 Å². The fraction of sp³-hybridized carbons (Fsp3) is 1.00. The molecule has 2 rings (SSSR count). The minimum atomic E-state index is 0.260. The maximum absolute atomic E-state index is 6.08. The predicted molar refractivity (Wildman–Crippen MR) is 62.8 cm³/mol. The molecule has 1 saturated heterocycles. The lowest BCUT2D eigenvalue weighted by Gasteiger charge is -2.44. The van der Waals surface area contributed by atoms with Crippen LogP contribution in [0.15, 0.2) is 0 Å². The largest absolute Gasteiger partial charge is 0.375 e. The predicted octanol–water partition coefficient (Wildman–Crippen LogP) is 2.85. The average molecular weight is 211 g/mol. The Kier molecular flexibility index (Phi) is 3.68. The van der Waals surface area contributed by atoms with Gasteiger partial charge in [-0.3, -0.25) is 0 Å². The fourth-order valence-electron chi connectivity index (χ4n) is 3.40. The van der Waals surface area contributed by atoms with Crippen LogP contribution in [0, 0.1) is 5.92 Å². The maximum atomic E-state index is 6.08. The number of hydrogen-bond donors (Lipinski definition) is 1. The van der Waals surface area contributed by atoms with Gasteiger partial charge in [-0.2, -0.15) is 0 Å². The molecule has 2 N–H and O–H groups in total. The van der Waals surface area contributed by atoms with Crippen molar-refractivity contribution in [2.24, 2.45) is 11.7 Å². The summed E-state index contributed by atoms with van der Waals surface area (Å²) >= 11 is 0. The van der Waals surface area contributed by atoms with E-state index in [4.69, 9.17) is 10.5 Å². The van der Waals surface area contributed by atoms with Crippen LogP contribution in [-0.4, -0.2) is 18.2 Å². The highest BCUT2D eigenvalue weighted by Crippen LogP contribution is 2.41. The van der Waals surface area contributed by atoms with Gasteiger partial charge in [0.2, 0.25) is 0 Å². The van der Waals surface area contributed by atoms with Crippen LogP contribution in [0.2, 0.25) is 0 Å². The molecule has 1 spiro atoms. The summed E-state index contributed by atoms with van der Waals surface area (Å²) in [5, 5.41) is 0. The second-order valence-corrected chi connectivity index (χ2v) is 5.66. The van der Waals surface area contributed by atoms with Gasteiger partial charge in [0.15, 0.2) is 0 Å². The smallest absolute Gasteiger partial charge is 0.0685 e. The van der Waals surface area contributed by atoms with Gasteiger partial charge in [0.1, 0.15) is 0 Å². The van der Waals surface area contributed by atoms with Crippen molar-refractivity contribution in [2.75, 3.05) is 6.61 Å². The van der Waals surface area contributed by atoms with Crippen molar-refractivity contribution < 1.29 is 4.74 Å². The van der Waals surface area contributed by atoms with Crippen LogP contribution >= 0.6 is 0 Å². The summed E-state index contributed by atoms with van der Waals surface area (Å²) in [6, 6.07) is 0.355. The highest BCUT2D eigenvalue weighted by atomic mass is 16.5. The molecule has 88 valence electrons. The molecule has 2 unspecified atom stereocenters. The van der Waals surface area contributed by atoms with Gasteiger partial charge in [-0.25, -0.2) is 0 Å². The Morgan fingerprint density at radius 3 is 2.73 bits per heavy atom. The zero-order valence-corrected chi connectivity index (χ0v) is 10.0. The molecule has 0 aromatic heterocycles. The summed E-state index contributed by atoms with van der Waals surface area (Å²) in [5.41, 5.74) is 6.16. The Morgan fingerprint density at radius 2 is 2.07 bits per heavy atom. The van der Waals surface area contributed by atoms with E-state index in [0.29, 0.717) is 6.04 Å². The Labute approximate surface area is 93.6 Å². The van der Waals surface area contributed by atoms with Gasteiger partial charge in [0.05, 0.1) is 5.60 Å². The van der Waals surface area contributed by atoms with Crippen molar-refractivity contribution in [1.29, 1.82) is 0 Å². The van der Waals surface area contributed by atoms with Crippen molar-refractivity contribution in [3.63, 3.8) is 0 Å². The first-order valence-electron chi connectivity index (χ1n) is 6.60. The topological polar surface area (TPSA) is 35.2 Å². The second-order valence-electron chi connectivity index (χ2n) is 5.66. The summed E-state index contributed by atoms with van der Waals surface area (Å²) in [6.07, 6.45) is 10.4. The van der Waals surface area contributed by atoms with Crippen LogP contribution in [0.1, 0.15) is 58.3 Å². The third-order valence-electron chi connectivity index (χ3n) is 4.06. The monoisotopic (exact) mass is 211 g/mol. The van der Waals surface area contributed by atoms with E-state index >= 15 is 0 Å². The Bertz CT molecular complexity index is 191. The fourth-order valence-corrected chi connectivity index (χ4v) is 3.40. The van der Waals surface area contributed by atoms with E-state index in [2.05, 4.69) is 6.92 Å². The van der Waals surface area contributed by atoms with Gasteiger partial charge in [-0.05, 0) is 44.9 Å². The minimum Gasteiger partial charge on any atom is -0.375 e. The third-order valence-corrected chi connectivity index (χ3v) is 4.06. The van der Waals surface area contributed by atoms with Crippen molar-refractivity contribution in [3.05, 3.63) is 0 Å². The average Bonchev–Trinajstić information content (AvgIpc) is 2.17. The number of ether oxygens (including phenoxy) is 1. The summed E-state index contributed by atoms with van der Waals surface area (Å²) in [6.45, 7) is 3.10. The Morgan fingerprint density at radius 1 is 1.33 bits per heavy atom. The van der Waals surface area contributed by atoms with E-state index in [1.165, 1.54) is 51.4 Å². The Hall–Kier alpha value is -0.0800. The van der Waals surface area contributed by atoms with Crippen LogP contribution in [-0.2, 0) is 4.74 Å². The van der Waals surface area contributed by atoms with Crippen molar-refractivity contribution in [3.8, 4) is 0 Å². The highest BCUT2D eigenvalue weighted by Gasteiger charge is 2.38. The molecule has 1 heterocycles. The number of nitrogens with two attached hydrogens (primary N) is 1. The normalized spacial score (nSPS) is 32.8. The molecule has 0 radical (unpaired) electrons. The molecule has 2 fully saturated rings. The summed E-state index contributed by atoms with van der Waals surface area (Å²) in [7, 11) is 0. The van der Waals surface area contributed by atoms with Crippen LogP contribution < -0.4 is 5.73 Å². The van der Waals surface area contributed by atoms with Gasteiger partial charge in [0.25, 0.3) is 0 Å². The number of rotatable bonds is 2. The van der Waals surface area contributed by atoms with Crippen molar-refractivity contribution in [2.45, 2.75) is 69.9 Å². The minimum absolute atomic E-state index is 0.260. The first-order chi connectivity index (χ1) is 7.20. The molecule has 1 aliphatic carbocycles. The summed E-state index contributed by atoms with van der Waals surface area (Å²) in [5.74, 6) is 0.817. The maximum Gasteiger partial charge on any atom is 0.0685 e. The number of hydrogen-bond acceptors (Lipinski definition) is 2. The lowest BCUT2D eigenvalue weighted by atomic mass is 9.75. The Balaban J connectivity index is 1.90. The lowest BCUT2D eigenvalue weighted by Crippen LogP contribution is -2.42. The molecule has 1 saturated carbocycles. The quantitative estimate of drug-likeness (QED) is 0.762. The van der Waals surface area contributed by atoms with Gasteiger partial charge in [-0.15, -0.1) is 0 Å². The second kappa shape index (κ2) is 4.84. The van der Waals surface area contributed by atoms with Gasteiger partial charge in [-0.1, -0.05) is 19.3 Å². The molecule has 2 atom stereocenters. The van der Waals surface area contributed by atoms with E-state index in [1.807, 2.05) is 0 Å². The van der Waals surface area contributed by atoms with E-state index < -0.39 is 0 Å². The third kappa shape index (κ3) is 2.94. The molecule has 0 amide bonds. The molecule has 2 heteroatoms. The first-order valence-corrected chi connectivity index (χ1v) is 6.60. The zero-order chi connectivity index (χ0) is 10.7. The standard InChI is InChI=1S/C13H25NO/c1-11(14)9-12-5-8-15-13(10-12)6-3-2-4-7-13/h11-12H,2-10,14H2,1H3. The summed E-state index contributed by atoms with van der Waals surface area (Å²) < 4.78 is 6.08. The van der Waals surface area contributed by atoms with E-state index in [-0.39, 0.29) is 5.60 Å². The lowest BCUT2D eigenvalue weighted by molar-refractivity contribution is -0.118. The molecule has 2 aliphatic rings. The molecule has 0 aromatic rings. The van der Waals surface area contributed by atoms with Gasteiger partial charge in [0, 0.05) is 12.6 Å². The van der Waals surface area contributed by atoms with Crippen LogP contribution in [0.4, 0.5) is 0 Å². The molecule has 15 heavy (non-hydrogen) atoms. The van der Waals surface area contributed by atoms with Gasteiger partial charge >= 0.3 is 0 Å². The van der Waals surface area contributed by atoms with E-state index in [0.717, 1.165) is 12.5 Å². The summed E-state index contributed by atoms with van der Waals surface area (Å²) in [4.78, 5) is 0. The molecule has 1 aliphatic heterocycles. The first kappa shape index (κ1) is 11.4. The van der Waals surface area contributed by atoms with Crippen LogP contribution in [0.25, 0.3) is 0 Å². The van der Waals surface area contributed by atoms with E-state index in [1.54, 1.807) is 0 Å². The highest BCUT2D eigenvalue weighted by molar-refractivity contribution is 4.90.